The molecule has 37 heavy (non-hydrogen) atoms. The van der Waals surface area contributed by atoms with Gasteiger partial charge in [0.25, 0.3) is 5.91 Å². The lowest BCUT2D eigenvalue weighted by molar-refractivity contribution is -0.124. The van der Waals surface area contributed by atoms with E-state index in [1.165, 1.54) is 0 Å². The van der Waals surface area contributed by atoms with E-state index in [2.05, 4.69) is 5.32 Å². The highest BCUT2D eigenvalue weighted by atomic mass is 35.5. The highest BCUT2D eigenvalue weighted by molar-refractivity contribution is 6.31. The molecule has 5 aromatic rings. The quantitative estimate of drug-likeness (QED) is 0.241. The van der Waals surface area contributed by atoms with Gasteiger partial charge in [-0.05, 0) is 73.5 Å². The standard InChI is InChI=1S/C28H22ClN3O5/c1-3-22(27(33)30-18-10-8-16(2)19(29)15-18)37-28(34)17-9-11-20-21(14-17)32-26(24-7-5-13-36-24)25(31-20)23-6-4-12-35-23/h4-15,22H,3H2,1-2H3,(H,30,33). The Morgan fingerprint density at radius 1 is 0.946 bits per heavy atom. The van der Waals surface area contributed by atoms with Crippen molar-refractivity contribution >= 4 is 40.2 Å². The zero-order valence-electron chi connectivity index (χ0n) is 20.0. The van der Waals surface area contributed by atoms with Gasteiger partial charge in [0.15, 0.2) is 17.6 Å². The molecule has 0 aliphatic carbocycles. The van der Waals surface area contributed by atoms with Gasteiger partial charge in [0.1, 0.15) is 11.4 Å². The van der Waals surface area contributed by atoms with E-state index in [0.717, 1.165) is 5.56 Å². The molecule has 1 N–H and O–H groups in total. The van der Waals surface area contributed by atoms with Crippen LogP contribution in [-0.4, -0.2) is 27.9 Å². The third-order valence-corrected chi connectivity index (χ3v) is 6.17. The van der Waals surface area contributed by atoms with Crippen LogP contribution in [-0.2, 0) is 9.53 Å². The maximum atomic E-state index is 13.0. The van der Waals surface area contributed by atoms with E-state index in [4.69, 9.17) is 35.1 Å². The number of nitrogens with zero attached hydrogens (tertiary/aromatic N) is 2. The zero-order valence-corrected chi connectivity index (χ0v) is 20.8. The molecule has 0 saturated heterocycles. The first-order chi connectivity index (χ1) is 17.9. The molecule has 0 radical (unpaired) electrons. The number of fused-ring (bicyclic) bond motifs is 1. The van der Waals surface area contributed by atoms with Gasteiger partial charge in [-0.2, -0.15) is 0 Å². The Morgan fingerprint density at radius 3 is 2.22 bits per heavy atom. The van der Waals surface area contributed by atoms with Crippen molar-refractivity contribution in [2.45, 2.75) is 26.4 Å². The number of aryl methyl sites for hydroxylation is 1. The maximum absolute atomic E-state index is 13.0. The summed E-state index contributed by atoms with van der Waals surface area (Å²) < 4.78 is 16.6. The molecule has 0 aliphatic rings. The van der Waals surface area contributed by atoms with E-state index in [9.17, 15) is 9.59 Å². The summed E-state index contributed by atoms with van der Waals surface area (Å²) in [5.74, 6) is -0.0505. The number of carbonyl (C=O) groups excluding carboxylic acids is 2. The van der Waals surface area contributed by atoms with E-state index >= 15 is 0 Å². The van der Waals surface area contributed by atoms with Crippen LogP contribution in [0.25, 0.3) is 33.9 Å². The summed E-state index contributed by atoms with van der Waals surface area (Å²) in [7, 11) is 0. The molecule has 8 nitrogen and oxygen atoms in total. The summed E-state index contributed by atoms with van der Waals surface area (Å²) in [5, 5.41) is 3.28. The lowest BCUT2D eigenvalue weighted by atomic mass is 10.1. The predicted octanol–water partition coefficient (Wildman–Crippen LogP) is 6.69. The summed E-state index contributed by atoms with van der Waals surface area (Å²) in [4.78, 5) is 35.2. The number of halogens is 1. The fraction of sp³-hybridized carbons (Fsp3) is 0.143. The van der Waals surface area contributed by atoms with Gasteiger partial charge in [-0.3, -0.25) is 4.79 Å². The van der Waals surface area contributed by atoms with E-state index in [-0.39, 0.29) is 5.56 Å². The number of hydrogen-bond donors (Lipinski definition) is 1. The summed E-state index contributed by atoms with van der Waals surface area (Å²) >= 11 is 6.15. The highest BCUT2D eigenvalue weighted by Crippen LogP contribution is 2.32. The van der Waals surface area contributed by atoms with Gasteiger partial charge in [0, 0.05) is 10.7 Å². The number of esters is 1. The number of aromatic nitrogens is 2. The highest BCUT2D eigenvalue weighted by Gasteiger charge is 2.23. The second-order valence-corrected chi connectivity index (χ2v) is 8.74. The molecule has 186 valence electrons. The Kier molecular flexibility index (Phi) is 6.74. The van der Waals surface area contributed by atoms with Gasteiger partial charge in [-0.15, -0.1) is 0 Å². The summed E-state index contributed by atoms with van der Waals surface area (Å²) in [6, 6.07) is 17.1. The van der Waals surface area contributed by atoms with E-state index < -0.39 is 18.0 Å². The van der Waals surface area contributed by atoms with E-state index in [1.807, 2.05) is 6.92 Å². The third kappa shape index (κ3) is 5.10. The SMILES string of the molecule is CCC(OC(=O)c1ccc2nc(-c3ccco3)c(-c3ccco3)nc2c1)C(=O)Nc1ccc(C)c(Cl)c1. The number of ether oxygens (including phenoxy) is 1. The minimum atomic E-state index is -0.991. The Balaban J connectivity index is 1.40. The van der Waals surface area contributed by atoms with Crippen LogP contribution in [0.5, 0.6) is 0 Å². The fourth-order valence-corrected chi connectivity index (χ4v) is 3.94. The average Bonchev–Trinajstić information content (AvgIpc) is 3.63. The number of anilines is 1. The number of nitrogens with one attached hydrogen (secondary N) is 1. The van der Waals surface area contributed by atoms with Gasteiger partial charge in [-0.1, -0.05) is 24.6 Å². The van der Waals surface area contributed by atoms with Crippen molar-refractivity contribution in [2.75, 3.05) is 5.32 Å². The van der Waals surface area contributed by atoms with Crippen LogP contribution in [0.4, 0.5) is 5.69 Å². The molecule has 0 fully saturated rings. The molecular weight excluding hydrogens is 494 g/mol. The van der Waals surface area contributed by atoms with Gasteiger partial charge < -0.3 is 18.9 Å². The van der Waals surface area contributed by atoms with Crippen molar-refractivity contribution in [3.8, 4) is 22.9 Å². The Bertz CT molecular complexity index is 1580. The monoisotopic (exact) mass is 515 g/mol. The lowest BCUT2D eigenvalue weighted by Gasteiger charge is -2.16. The van der Waals surface area contributed by atoms with Crippen LogP contribution in [0.1, 0.15) is 29.3 Å². The second-order valence-electron chi connectivity index (χ2n) is 8.33. The zero-order chi connectivity index (χ0) is 25.9. The molecule has 1 atom stereocenters. The van der Waals surface area contributed by atoms with Crippen LogP contribution >= 0.6 is 11.6 Å². The lowest BCUT2D eigenvalue weighted by Crippen LogP contribution is -2.32. The topological polar surface area (TPSA) is 107 Å². The van der Waals surface area contributed by atoms with Crippen molar-refractivity contribution in [2.24, 2.45) is 0 Å². The molecule has 1 unspecified atom stereocenters. The Labute approximate surface area is 217 Å². The first-order valence-electron chi connectivity index (χ1n) is 11.6. The van der Waals surface area contributed by atoms with E-state index in [0.29, 0.717) is 51.1 Å². The fourth-order valence-electron chi connectivity index (χ4n) is 3.76. The van der Waals surface area contributed by atoms with Crippen LogP contribution in [0.2, 0.25) is 5.02 Å². The summed E-state index contributed by atoms with van der Waals surface area (Å²) in [6.45, 7) is 3.63. The number of furan rings is 2. The Morgan fingerprint density at radius 2 is 1.62 bits per heavy atom. The van der Waals surface area contributed by atoms with Crippen molar-refractivity contribution in [1.29, 1.82) is 0 Å². The minimum Gasteiger partial charge on any atom is -0.463 e. The first kappa shape index (κ1) is 24.3. The Hall–Kier alpha value is -4.43. The number of benzene rings is 2. The number of hydrogen-bond acceptors (Lipinski definition) is 7. The third-order valence-electron chi connectivity index (χ3n) is 5.76. The van der Waals surface area contributed by atoms with Gasteiger partial charge in [-0.25, -0.2) is 14.8 Å². The molecule has 2 aromatic carbocycles. The van der Waals surface area contributed by atoms with Crippen molar-refractivity contribution < 1.29 is 23.2 Å². The van der Waals surface area contributed by atoms with E-state index in [1.54, 1.807) is 80.1 Å². The second kappa shape index (κ2) is 10.3. The van der Waals surface area contributed by atoms with Crippen LogP contribution < -0.4 is 5.32 Å². The molecule has 3 aromatic heterocycles. The largest absolute Gasteiger partial charge is 0.463 e. The molecule has 0 saturated carbocycles. The number of amides is 1. The number of rotatable bonds is 7. The average molecular weight is 516 g/mol. The van der Waals surface area contributed by atoms with Crippen molar-refractivity contribution in [3.05, 3.63) is 89.3 Å². The minimum absolute atomic E-state index is 0.238. The van der Waals surface area contributed by atoms with Crippen molar-refractivity contribution in [3.63, 3.8) is 0 Å². The predicted molar refractivity (Wildman–Crippen MR) is 139 cm³/mol. The van der Waals surface area contributed by atoms with Gasteiger partial charge >= 0.3 is 5.97 Å². The molecule has 9 heteroatoms. The molecule has 5 rings (SSSR count). The molecule has 0 aliphatic heterocycles. The summed E-state index contributed by atoms with van der Waals surface area (Å²) in [6.07, 6.45) is 2.40. The van der Waals surface area contributed by atoms with Crippen LogP contribution in [0, 0.1) is 6.92 Å². The van der Waals surface area contributed by atoms with Crippen molar-refractivity contribution in [1.82, 2.24) is 9.97 Å². The number of carbonyl (C=O) groups is 2. The van der Waals surface area contributed by atoms with Crippen LogP contribution in [0.3, 0.4) is 0 Å². The smallest absolute Gasteiger partial charge is 0.338 e. The molecule has 0 spiro atoms. The molecular formula is C28H22ClN3O5. The van der Waals surface area contributed by atoms with Crippen LogP contribution in [0.15, 0.2) is 82.0 Å². The normalized spacial score (nSPS) is 11.9. The van der Waals surface area contributed by atoms with Gasteiger partial charge in [0.2, 0.25) is 0 Å². The molecule has 1 amide bonds. The van der Waals surface area contributed by atoms with Gasteiger partial charge in [0.05, 0.1) is 29.1 Å². The summed E-state index contributed by atoms with van der Waals surface area (Å²) in [5.41, 5.74) is 3.66. The first-order valence-corrected chi connectivity index (χ1v) is 12.0. The molecule has 3 heterocycles. The molecule has 0 bridgehead atoms. The maximum Gasteiger partial charge on any atom is 0.338 e.